The quantitative estimate of drug-likeness (QED) is 0.767. The number of pyridine rings is 1. The van der Waals surface area contributed by atoms with Gasteiger partial charge in [0.2, 0.25) is 5.88 Å². The Balaban J connectivity index is 1.98. The molecule has 0 N–H and O–H groups in total. The first-order chi connectivity index (χ1) is 8.05. The average molecular weight is 249 g/mol. The van der Waals surface area contributed by atoms with Crippen LogP contribution in [0.2, 0.25) is 19.6 Å². The van der Waals surface area contributed by atoms with Crippen molar-refractivity contribution in [3.63, 3.8) is 0 Å². The highest BCUT2D eigenvalue weighted by Gasteiger charge is 2.18. The molecule has 1 heterocycles. The summed E-state index contributed by atoms with van der Waals surface area (Å²) in [5.41, 5.74) is 0. The van der Waals surface area contributed by atoms with Crippen molar-refractivity contribution in [2.24, 2.45) is 0 Å². The van der Waals surface area contributed by atoms with Crippen LogP contribution in [0, 0.1) is 0 Å². The molecular formula is C14H23NOSi. The molecule has 0 aromatic carbocycles. The van der Waals surface area contributed by atoms with Gasteiger partial charge >= 0.3 is 0 Å². The first kappa shape index (κ1) is 12.6. The Morgan fingerprint density at radius 1 is 1.12 bits per heavy atom. The number of rotatable bonds is 3. The predicted octanol–water partition coefficient (Wildman–Crippen LogP) is 3.34. The first-order valence-corrected chi connectivity index (χ1v) is 10.2. The van der Waals surface area contributed by atoms with E-state index < -0.39 is 8.07 Å². The van der Waals surface area contributed by atoms with Gasteiger partial charge in [-0.1, -0.05) is 32.1 Å². The van der Waals surface area contributed by atoms with E-state index in [4.69, 9.17) is 4.74 Å². The Hall–Kier alpha value is -0.833. The van der Waals surface area contributed by atoms with Crippen LogP contribution in [0.25, 0.3) is 0 Å². The summed E-state index contributed by atoms with van der Waals surface area (Å²) in [5.74, 6) is 0.805. The minimum atomic E-state index is -1.23. The third-order valence-electron chi connectivity index (χ3n) is 3.44. The van der Waals surface area contributed by atoms with Gasteiger partial charge in [0.1, 0.15) is 6.10 Å². The second kappa shape index (κ2) is 5.21. The van der Waals surface area contributed by atoms with Crippen molar-refractivity contribution in [1.82, 2.24) is 4.98 Å². The van der Waals surface area contributed by atoms with Crippen LogP contribution in [0.5, 0.6) is 5.88 Å². The molecule has 0 spiro atoms. The van der Waals surface area contributed by atoms with E-state index in [0.717, 1.165) is 5.88 Å². The van der Waals surface area contributed by atoms with Gasteiger partial charge in [-0.15, -0.1) is 0 Å². The molecule has 1 saturated carbocycles. The summed E-state index contributed by atoms with van der Waals surface area (Å²) in [6, 6.07) is 4.24. The Kier molecular flexibility index (Phi) is 3.87. The summed E-state index contributed by atoms with van der Waals surface area (Å²) in [6.45, 7) is 7.02. The van der Waals surface area contributed by atoms with Crippen LogP contribution < -0.4 is 9.92 Å². The van der Waals surface area contributed by atoms with Gasteiger partial charge in [0.15, 0.2) is 0 Å². The number of nitrogens with zero attached hydrogens (tertiary/aromatic N) is 1. The Labute approximate surface area is 105 Å². The van der Waals surface area contributed by atoms with Gasteiger partial charge in [-0.05, 0) is 30.9 Å². The van der Waals surface area contributed by atoms with Crippen molar-refractivity contribution in [3.05, 3.63) is 18.3 Å². The highest BCUT2D eigenvalue weighted by molar-refractivity contribution is 6.88. The second-order valence-electron chi connectivity index (χ2n) is 6.01. The normalized spacial score (nSPS) is 18.1. The molecule has 0 saturated heterocycles. The molecule has 0 bridgehead atoms. The Morgan fingerprint density at radius 3 is 2.35 bits per heavy atom. The maximum absolute atomic E-state index is 5.93. The van der Waals surface area contributed by atoms with Crippen molar-refractivity contribution < 1.29 is 4.74 Å². The minimum absolute atomic E-state index is 0.397. The van der Waals surface area contributed by atoms with E-state index in [1.165, 1.54) is 37.3 Å². The maximum Gasteiger partial charge on any atom is 0.213 e. The molecule has 17 heavy (non-hydrogen) atoms. The SMILES string of the molecule is C[Si](C)(C)c1ccc(OC2CCCCC2)nc1. The van der Waals surface area contributed by atoms with Crippen molar-refractivity contribution in [2.75, 3.05) is 0 Å². The zero-order chi connectivity index (χ0) is 12.3. The molecule has 0 amide bonds. The number of hydrogen-bond donors (Lipinski definition) is 0. The van der Waals surface area contributed by atoms with E-state index in [-0.39, 0.29) is 0 Å². The van der Waals surface area contributed by atoms with Gasteiger partial charge in [-0.3, -0.25) is 0 Å². The number of ether oxygens (including phenoxy) is 1. The Bertz CT molecular complexity index is 349. The zero-order valence-electron chi connectivity index (χ0n) is 11.2. The van der Waals surface area contributed by atoms with Crippen molar-refractivity contribution in [1.29, 1.82) is 0 Å². The first-order valence-electron chi connectivity index (χ1n) is 6.69. The van der Waals surface area contributed by atoms with Gasteiger partial charge in [0, 0.05) is 12.3 Å². The molecule has 2 rings (SSSR count). The van der Waals surface area contributed by atoms with E-state index in [1.807, 2.05) is 12.3 Å². The summed E-state index contributed by atoms with van der Waals surface area (Å²) in [4.78, 5) is 4.45. The summed E-state index contributed by atoms with van der Waals surface area (Å²) in [6.07, 6.45) is 8.75. The fourth-order valence-corrected chi connectivity index (χ4v) is 3.28. The average Bonchev–Trinajstić information content (AvgIpc) is 2.30. The zero-order valence-corrected chi connectivity index (χ0v) is 12.2. The van der Waals surface area contributed by atoms with Gasteiger partial charge in [0.05, 0.1) is 8.07 Å². The predicted molar refractivity (Wildman–Crippen MR) is 74.7 cm³/mol. The lowest BCUT2D eigenvalue weighted by Gasteiger charge is -2.23. The molecule has 1 aromatic rings. The van der Waals surface area contributed by atoms with Gasteiger partial charge in [-0.25, -0.2) is 4.98 Å². The third-order valence-corrected chi connectivity index (χ3v) is 5.47. The second-order valence-corrected chi connectivity index (χ2v) is 11.1. The number of aromatic nitrogens is 1. The molecule has 2 nitrogen and oxygen atoms in total. The van der Waals surface area contributed by atoms with Crippen LogP contribution in [0.15, 0.2) is 18.3 Å². The molecule has 1 fully saturated rings. The van der Waals surface area contributed by atoms with Crippen LogP contribution in [0.4, 0.5) is 0 Å². The van der Waals surface area contributed by atoms with Crippen LogP contribution in [-0.4, -0.2) is 19.2 Å². The van der Waals surface area contributed by atoms with Crippen LogP contribution in [0.1, 0.15) is 32.1 Å². The smallest absolute Gasteiger partial charge is 0.213 e. The fraction of sp³-hybridized carbons (Fsp3) is 0.643. The van der Waals surface area contributed by atoms with Crippen LogP contribution in [0.3, 0.4) is 0 Å². The summed E-state index contributed by atoms with van der Waals surface area (Å²) >= 11 is 0. The van der Waals surface area contributed by atoms with E-state index in [9.17, 15) is 0 Å². The standard InChI is InChI=1S/C14H23NOSi/c1-17(2,3)13-9-10-14(15-11-13)16-12-7-5-4-6-8-12/h9-12H,4-8H2,1-3H3. The van der Waals surface area contributed by atoms with E-state index in [2.05, 4.69) is 30.7 Å². The van der Waals surface area contributed by atoms with Crippen molar-refractivity contribution in [3.8, 4) is 5.88 Å². The van der Waals surface area contributed by atoms with E-state index >= 15 is 0 Å². The molecule has 0 radical (unpaired) electrons. The topological polar surface area (TPSA) is 22.1 Å². The van der Waals surface area contributed by atoms with E-state index in [0.29, 0.717) is 6.10 Å². The lowest BCUT2D eigenvalue weighted by atomic mass is 9.98. The minimum Gasteiger partial charge on any atom is -0.474 e. The molecule has 0 atom stereocenters. The van der Waals surface area contributed by atoms with E-state index in [1.54, 1.807) is 0 Å². The molecule has 3 heteroatoms. The molecule has 1 aromatic heterocycles. The summed E-state index contributed by atoms with van der Waals surface area (Å²) in [7, 11) is -1.23. The monoisotopic (exact) mass is 249 g/mol. The van der Waals surface area contributed by atoms with Crippen LogP contribution >= 0.6 is 0 Å². The summed E-state index contributed by atoms with van der Waals surface area (Å²) in [5, 5.41) is 1.40. The highest BCUT2D eigenvalue weighted by Crippen LogP contribution is 2.21. The molecular weight excluding hydrogens is 226 g/mol. The molecule has 0 aliphatic heterocycles. The van der Waals surface area contributed by atoms with Gasteiger partial charge < -0.3 is 4.74 Å². The van der Waals surface area contributed by atoms with Gasteiger partial charge in [-0.2, -0.15) is 0 Å². The lowest BCUT2D eigenvalue weighted by Crippen LogP contribution is -2.37. The lowest BCUT2D eigenvalue weighted by molar-refractivity contribution is 0.149. The molecule has 0 unspecified atom stereocenters. The Morgan fingerprint density at radius 2 is 1.82 bits per heavy atom. The van der Waals surface area contributed by atoms with Crippen molar-refractivity contribution >= 4 is 13.3 Å². The summed E-state index contributed by atoms with van der Waals surface area (Å²) < 4.78 is 5.93. The fourth-order valence-electron chi connectivity index (χ4n) is 2.25. The molecule has 94 valence electrons. The third kappa shape index (κ3) is 3.56. The molecule has 1 aliphatic rings. The maximum atomic E-state index is 5.93. The van der Waals surface area contributed by atoms with Crippen LogP contribution in [-0.2, 0) is 0 Å². The van der Waals surface area contributed by atoms with Crippen molar-refractivity contribution in [2.45, 2.75) is 57.8 Å². The van der Waals surface area contributed by atoms with Gasteiger partial charge in [0.25, 0.3) is 0 Å². The number of hydrogen-bond acceptors (Lipinski definition) is 2. The highest BCUT2D eigenvalue weighted by atomic mass is 28.3. The molecule has 1 aliphatic carbocycles. The largest absolute Gasteiger partial charge is 0.474 e.